The molecule has 0 saturated carbocycles. The number of hydrogen-bond acceptors (Lipinski definition) is 3. The minimum atomic E-state index is -1.21. The second kappa shape index (κ2) is 3.62. The van der Waals surface area contributed by atoms with Crippen LogP contribution >= 0.6 is 0 Å². The summed E-state index contributed by atoms with van der Waals surface area (Å²) < 4.78 is 0. The highest BCUT2D eigenvalue weighted by molar-refractivity contribution is 6.22. The van der Waals surface area contributed by atoms with Gasteiger partial charge < -0.3 is 5.11 Å². The Balaban J connectivity index is 2.39. The van der Waals surface area contributed by atoms with Crippen molar-refractivity contribution < 1.29 is 19.5 Å². The normalized spacial score (nSPS) is 14.6. The van der Waals surface area contributed by atoms with Crippen molar-refractivity contribution in [1.82, 2.24) is 4.90 Å². The average Bonchev–Trinajstić information content (AvgIpc) is 2.50. The van der Waals surface area contributed by atoms with E-state index in [1.807, 2.05) is 0 Å². The summed E-state index contributed by atoms with van der Waals surface area (Å²) in [5, 5.41) is 8.43. The van der Waals surface area contributed by atoms with E-state index in [2.05, 4.69) is 0 Å². The molecule has 0 atom stereocenters. The Morgan fingerprint density at radius 2 is 1.62 bits per heavy atom. The lowest BCUT2D eigenvalue weighted by atomic mass is 10.1. The van der Waals surface area contributed by atoms with Gasteiger partial charge in [-0.2, -0.15) is 0 Å². The fourth-order valence-electron chi connectivity index (χ4n) is 1.48. The maximum Gasteiger partial charge on any atom is 0.329 e. The zero-order valence-electron chi connectivity index (χ0n) is 8.08. The van der Waals surface area contributed by atoms with Gasteiger partial charge in [-0.15, -0.1) is 0 Å². The smallest absolute Gasteiger partial charge is 0.329 e. The highest BCUT2D eigenvalue weighted by atomic mass is 16.4. The lowest BCUT2D eigenvalue weighted by molar-refractivity contribution is -0.131. The summed E-state index contributed by atoms with van der Waals surface area (Å²) in [7, 11) is 0. The van der Waals surface area contributed by atoms with Gasteiger partial charge in [-0.05, 0) is 12.1 Å². The topological polar surface area (TPSA) is 74.7 Å². The zero-order valence-corrected chi connectivity index (χ0v) is 8.08. The van der Waals surface area contributed by atoms with Crippen molar-refractivity contribution in [2.24, 2.45) is 0 Å². The van der Waals surface area contributed by atoms with Crippen molar-refractivity contribution in [3.8, 4) is 0 Å². The number of fused-ring (bicyclic) bond motifs is 1. The van der Waals surface area contributed by atoms with E-state index in [1.165, 1.54) is 12.1 Å². The molecule has 1 aliphatic rings. The van der Waals surface area contributed by atoms with Crippen molar-refractivity contribution in [1.29, 1.82) is 0 Å². The van der Waals surface area contributed by atoms with Crippen LogP contribution in [0, 0.1) is 0 Å². The Hall–Kier alpha value is -2.43. The standard InChI is InChI=1S/C11H7NO4/c13-9(14)5-6-12-10(15)7-3-1-2-4-8(7)11(12)16/h1-6H,(H,13,14). The van der Waals surface area contributed by atoms with Crippen molar-refractivity contribution in [3.05, 3.63) is 47.7 Å². The third kappa shape index (κ3) is 1.48. The number of hydrogen-bond donors (Lipinski definition) is 1. The molecule has 0 aromatic heterocycles. The molecule has 0 saturated heterocycles. The Morgan fingerprint density at radius 1 is 1.12 bits per heavy atom. The summed E-state index contributed by atoms with van der Waals surface area (Å²) in [6.45, 7) is 0. The van der Waals surface area contributed by atoms with Crippen LogP contribution in [-0.2, 0) is 4.79 Å². The molecular formula is C11H7NO4. The Labute approximate surface area is 90.6 Å². The van der Waals surface area contributed by atoms with E-state index >= 15 is 0 Å². The number of carboxylic acid groups (broad SMARTS) is 1. The number of carboxylic acids is 1. The van der Waals surface area contributed by atoms with Crippen LogP contribution in [-0.4, -0.2) is 27.8 Å². The van der Waals surface area contributed by atoms with Crippen molar-refractivity contribution in [2.75, 3.05) is 0 Å². The largest absolute Gasteiger partial charge is 0.478 e. The first-order valence-corrected chi connectivity index (χ1v) is 4.49. The van der Waals surface area contributed by atoms with Crippen LogP contribution in [0.15, 0.2) is 36.5 Å². The molecule has 0 aliphatic carbocycles. The SMILES string of the molecule is O=C(O)C=CN1C(=O)c2ccccc2C1=O. The number of imide groups is 1. The fraction of sp³-hybridized carbons (Fsp3) is 0. The van der Waals surface area contributed by atoms with Gasteiger partial charge >= 0.3 is 5.97 Å². The number of aliphatic carboxylic acids is 1. The van der Waals surface area contributed by atoms with E-state index in [1.54, 1.807) is 12.1 Å². The highest BCUT2D eigenvalue weighted by Gasteiger charge is 2.33. The van der Waals surface area contributed by atoms with Gasteiger partial charge in [-0.3, -0.25) is 9.59 Å². The lowest BCUT2D eigenvalue weighted by Crippen LogP contribution is -2.23. The summed E-state index contributed by atoms with van der Waals surface area (Å²) in [5.74, 6) is -2.22. The van der Waals surface area contributed by atoms with Crippen LogP contribution in [0.2, 0.25) is 0 Å². The molecule has 2 rings (SSSR count). The lowest BCUT2D eigenvalue weighted by Gasteiger charge is -2.05. The van der Waals surface area contributed by atoms with Crippen molar-refractivity contribution >= 4 is 17.8 Å². The molecule has 2 amide bonds. The van der Waals surface area contributed by atoms with Crippen molar-refractivity contribution in [3.63, 3.8) is 0 Å². The Bertz CT molecular complexity index is 483. The van der Waals surface area contributed by atoms with E-state index in [-0.39, 0.29) is 0 Å². The van der Waals surface area contributed by atoms with E-state index in [4.69, 9.17) is 5.11 Å². The zero-order chi connectivity index (χ0) is 11.7. The molecular weight excluding hydrogens is 210 g/mol. The van der Waals surface area contributed by atoms with Gasteiger partial charge in [0.1, 0.15) is 0 Å². The molecule has 1 aromatic rings. The maximum atomic E-state index is 11.7. The molecule has 5 nitrogen and oxygen atoms in total. The minimum absolute atomic E-state index is 0.294. The molecule has 1 heterocycles. The molecule has 16 heavy (non-hydrogen) atoms. The van der Waals surface area contributed by atoms with Crippen LogP contribution in [0.4, 0.5) is 0 Å². The van der Waals surface area contributed by atoms with Gasteiger partial charge in [0, 0.05) is 12.3 Å². The molecule has 0 fully saturated rings. The van der Waals surface area contributed by atoms with Gasteiger partial charge in [-0.25, -0.2) is 9.69 Å². The average molecular weight is 217 g/mol. The van der Waals surface area contributed by atoms with Gasteiger partial charge in [0.15, 0.2) is 0 Å². The van der Waals surface area contributed by atoms with Crippen LogP contribution < -0.4 is 0 Å². The second-order valence-corrected chi connectivity index (χ2v) is 3.18. The molecule has 1 aliphatic heterocycles. The number of carbonyl (C=O) groups is 3. The van der Waals surface area contributed by atoms with Gasteiger partial charge in [0.05, 0.1) is 11.1 Å². The summed E-state index contributed by atoms with van der Waals surface area (Å²) in [6, 6.07) is 6.36. The first-order chi connectivity index (χ1) is 7.61. The Morgan fingerprint density at radius 3 is 2.06 bits per heavy atom. The summed E-state index contributed by atoms with van der Waals surface area (Å²) in [6.07, 6.45) is 1.72. The highest BCUT2D eigenvalue weighted by Crippen LogP contribution is 2.22. The molecule has 0 spiro atoms. The van der Waals surface area contributed by atoms with E-state index in [0.717, 1.165) is 17.2 Å². The van der Waals surface area contributed by atoms with E-state index < -0.39 is 17.8 Å². The van der Waals surface area contributed by atoms with Gasteiger partial charge in [0.25, 0.3) is 11.8 Å². The quantitative estimate of drug-likeness (QED) is 0.589. The van der Waals surface area contributed by atoms with E-state index in [0.29, 0.717) is 11.1 Å². The molecule has 80 valence electrons. The van der Waals surface area contributed by atoms with Gasteiger partial charge in [0.2, 0.25) is 0 Å². The van der Waals surface area contributed by atoms with Crippen LogP contribution in [0.3, 0.4) is 0 Å². The molecule has 0 bridgehead atoms. The predicted octanol–water partition coefficient (Wildman–Crippen LogP) is 0.881. The van der Waals surface area contributed by atoms with Crippen LogP contribution in [0.25, 0.3) is 0 Å². The number of benzene rings is 1. The number of carbonyl (C=O) groups excluding carboxylic acids is 2. The van der Waals surface area contributed by atoms with E-state index in [9.17, 15) is 14.4 Å². The van der Waals surface area contributed by atoms with Crippen LogP contribution in [0.1, 0.15) is 20.7 Å². The van der Waals surface area contributed by atoms with Crippen molar-refractivity contribution in [2.45, 2.75) is 0 Å². The van der Waals surface area contributed by atoms with Gasteiger partial charge in [-0.1, -0.05) is 12.1 Å². The summed E-state index contributed by atoms with van der Waals surface area (Å²) in [4.78, 5) is 34.5. The summed E-state index contributed by atoms with van der Waals surface area (Å²) in [5.41, 5.74) is 0.588. The fourth-order valence-corrected chi connectivity index (χ4v) is 1.48. The predicted molar refractivity (Wildman–Crippen MR) is 53.7 cm³/mol. The molecule has 1 N–H and O–H groups in total. The monoisotopic (exact) mass is 217 g/mol. The molecule has 0 radical (unpaired) electrons. The first-order valence-electron chi connectivity index (χ1n) is 4.49. The van der Waals surface area contributed by atoms with Crippen LogP contribution in [0.5, 0.6) is 0 Å². The Kier molecular flexibility index (Phi) is 2.28. The maximum absolute atomic E-state index is 11.7. The third-order valence-electron chi connectivity index (χ3n) is 2.19. The second-order valence-electron chi connectivity index (χ2n) is 3.18. The molecule has 5 heteroatoms. The number of amides is 2. The number of rotatable bonds is 2. The summed E-state index contributed by atoms with van der Waals surface area (Å²) >= 11 is 0. The number of nitrogens with zero attached hydrogens (tertiary/aromatic N) is 1. The molecule has 0 unspecified atom stereocenters. The first kappa shape index (κ1) is 10.1. The molecule has 1 aromatic carbocycles. The minimum Gasteiger partial charge on any atom is -0.478 e. The third-order valence-corrected chi connectivity index (χ3v) is 2.19.